The highest BCUT2D eigenvalue weighted by molar-refractivity contribution is 7.88. The zero-order valence-corrected chi connectivity index (χ0v) is 14.7. The second kappa shape index (κ2) is 7.42. The molecule has 0 spiro atoms. The van der Waals surface area contributed by atoms with Crippen molar-refractivity contribution in [3.63, 3.8) is 0 Å². The van der Waals surface area contributed by atoms with Crippen LogP contribution >= 0.6 is 0 Å². The summed E-state index contributed by atoms with van der Waals surface area (Å²) in [7, 11) is -3.14. The third kappa shape index (κ3) is 4.76. The summed E-state index contributed by atoms with van der Waals surface area (Å²) in [6, 6.07) is 9.49. The van der Waals surface area contributed by atoms with Crippen molar-refractivity contribution in [2.45, 2.75) is 25.9 Å². The molecule has 0 aromatic heterocycles. The van der Waals surface area contributed by atoms with Crippen LogP contribution in [-0.2, 0) is 14.8 Å². The van der Waals surface area contributed by atoms with E-state index in [2.05, 4.69) is 5.32 Å². The zero-order chi connectivity index (χ0) is 17.0. The molecule has 1 amide bonds. The molecule has 1 aliphatic heterocycles. The highest BCUT2D eigenvalue weighted by Gasteiger charge is 2.29. The van der Waals surface area contributed by atoms with E-state index in [1.165, 1.54) is 10.6 Å². The first kappa shape index (κ1) is 17.9. The van der Waals surface area contributed by atoms with E-state index in [1.54, 1.807) is 0 Å². The maximum Gasteiger partial charge on any atom is 0.237 e. The van der Waals surface area contributed by atoms with E-state index >= 15 is 0 Å². The van der Waals surface area contributed by atoms with Crippen molar-refractivity contribution in [1.29, 1.82) is 0 Å². The van der Waals surface area contributed by atoms with Crippen LogP contribution in [0.4, 0.5) is 0 Å². The topological polar surface area (TPSA) is 69.7 Å². The summed E-state index contributed by atoms with van der Waals surface area (Å²) in [6.45, 7) is 5.84. The standard InChI is InChI=1S/C16H25N3O3S/c1-13(15-7-5-4-6-8-15)17-16(20)14(2)18-9-11-19(12-10-18)23(3,21)22/h4-8,13-14H,9-12H2,1-3H3,(H,17,20). The first-order chi connectivity index (χ1) is 10.8. The van der Waals surface area contributed by atoms with Gasteiger partial charge >= 0.3 is 0 Å². The Bertz CT molecular complexity index is 625. The van der Waals surface area contributed by atoms with Crippen LogP contribution in [0.5, 0.6) is 0 Å². The lowest BCUT2D eigenvalue weighted by atomic mass is 10.1. The predicted octanol–water partition coefficient (Wildman–Crippen LogP) is 0.830. The van der Waals surface area contributed by atoms with Gasteiger partial charge in [-0.05, 0) is 19.4 Å². The molecule has 1 saturated heterocycles. The van der Waals surface area contributed by atoms with Gasteiger partial charge in [-0.3, -0.25) is 9.69 Å². The Hall–Kier alpha value is -1.44. The first-order valence-electron chi connectivity index (χ1n) is 7.83. The third-order valence-electron chi connectivity index (χ3n) is 4.33. The number of benzene rings is 1. The van der Waals surface area contributed by atoms with Crippen molar-refractivity contribution in [1.82, 2.24) is 14.5 Å². The van der Waals surface area contributed by atoms with Crippen LogP contribution in [0.15, 0.2) is 30.3 Å². The maximum absolute atomic E-state index is 12.4. The molecule has 23 heavy (non-hydrogen) atoms. The van der Waals surface area contributed by atoms with Crippen molar-refractivity contribution in [3.05, 3.63) is 35.9 Å². The minimum absolute atomic E-state index is 0.0332. The molecule has 7 heteroatoms. The molecular formula is C16H25N3O3S. The first-order valence-corrected chi connectivity index (χ1v) is 9.68. The second-order valence-corrected chi connectivity index (χ2v) is 8.00. The molecule has 6 nitrogen and oxygen atoms in total. The molecule has 128 valence electrons. The predicted molar refractivity (Wildman–Crippen MR) is 90.5 cm³/mol. The number of carbonyl (C=O) groups is 1. The van der Waals surface area contributed by atoms with E-state index in [1.807, 2.05) is 49.1 Å². The number of rotatable bonds is 5. The summed E-state index contributed by atoms with van der Waals surface area (Å²) >= 11 is 0. The summed E-state index contributed by atoms with van der Waals surface area (Å²) in [5, 5.41) is 3.02. The zero-order valence-electron chi connectivity index (χ0n) is 13.9. The van der Waals surface area contributed by atoms with Crippen LogP contribution in [-0.4, -0.2) is 62.0 Å². The molecule has 1 aromatic carbocycles. The van der Waals surface area contributed by atoms with Crippen LogP contribution in [0, 0.1) is 0 Å². The number of nitrogens with zero attached hydrogens (tertiary/aromatic N) is 2. The Balaban J connectivity index is 1.88. The summed E-state index contributed by atoms with van der Waals surface area (Å²) in [5.74, 6) is -0.0332. The van der Waals surface area contributed by atoms with Crippen LogP contribution in [0.3, 0.4) is 0 Å². The minimum Gasteiger partial charge on any atom is -0.348 e. The van der Waals surface area contributed by atoms with E-state index < -0.39 is 10.0 Å². The van der Waals surface area contributed by atoms with E-state index in [4.69, 9.17) is 0 Å². The smallest absolute Gasteiger partial charge is 0.237 e. The van der Waals surface area contributed by atoms with Gasteiger partial charge in [-0.2, -0.15) is 4.31 Å². The van der Waals surface area contributed by atoms with E-state index in [-0.39, 0.29) is 18.0 Å². The SMILES string of the molecule is CC(NC(=O)C(C)N1CCN(S(C)(=O)=O)CC1)c1ccccc1. The number of hydrogen-bond donors (Lipinski definition) is 1. The molecule has 0 saturated carbocycles. The van der Waals surface area contributed by atoms with Crippen LogP contribution in [0.25, 0.3) is 0 Å². The van der Waals surface area contributed by atoms with Gasteiger partial charge in [0, 0.05) is 26.2 Å². The Kier molecular flexibility index (Phi) is 5.78. The Labute approximate surface area is 138 Å². The van der Waals surface area contributed by atoms with Crippen molar-refractivity contribution in [2.75, 3.05) is 32.4 Å². The lowest BCUT2D eigenvalue weighted by molar-refractivity contribution is -0.127. The number of piperazine rings is 1. The summed E-state index contributed by atoms with van der Waals surface area (Å²) in [4.78, 5) is 14.4. The molecular weight excluding hydrogens is 314 g/mol. The fourth-order valence-corrected chi connectivity index (χ4v) is 3.57. The lowest BCUT2D eigenvalue weighted by Gasteiger charge is -2.36. The number of nitrogens with one attached hydrogen (secondary N) is 1. The van der Waals surface area contributed by atoms with E-state index in [0.717, 1.165) is 5.56 Å². The van der Waals surface area contributed by atoms with E-state index in [0.29, 0.717) is 26.2 Å². The molecule has 2 rings (SSSR count). The highest BCUT2D eigenvalue weighted by atomic mass is 32.2. The van der Waals surface area contributed by atoms with Gasteiger partial charge in [0.2, 0.25) is 15.9 Å². The summed E-state index contributed by atoms with van der Waals surface area (Å²) < 4.78 is 24.5. The van der Waals surface area contributed by atoms with Gasteiger partial charge in [-0.1, -0.05) is 30.3 Å². The van der Waals surface area contributed by atoms with Gasteiger partial charge in [-0.15, -0.1) is 0 Å². The fraction of sp³-hybridized carbons (Fsp3) is 0.562. The average Bonchev–Trinajstić information content (AvgIpc) is 2.54. The van der Waals surface area contributed by atoms with Gasteiger partial charge in [0.1, 0.15) is 0 Å². The largest absolute Gasteiger partial charge is 0.348 e. The number of carbonyl (C=O) groups excluding carboxylic acids is 1. The number of hydrogen-bond acceptors (Lipinski definition) is 4. The highest BCUT2D eigenvalue weighted by Crippen LogP contribution is 2.13. The molecule has 1 fully saturated rings. The van der Waals surface area contributed by atoms with Crippen LogP contribution < -0.4 is 5.32 Å². The molecule has 2 atom stereocenters. The van der Waals surface area contributed by atoms with Gasteiger partial charge in [0.05, 0.1) is 18.3 Å². The van der Waals surface area contributed by atoms with Crippen molar-refractivity contribution in [3.8, 4) is 0 Å². The van der Waals surface area contributed by atoms with Crippen molar-refractivity contribution in [2.24, 2.45) is 0 Å². The van der Waals surface area contributed by atoms with Crippen LogP contribution in [0.2, 0.25) is 0 Å². The lowest BCUT2D eigenvalue weighted by Crippen LogP contribution is -2.54. The summed E-state index contributed by atoms with van der Waals surface area (Å²) in [6.07, 6.45) is 1.22. The van der Waals surface area contributed by atoms with Crippen molar-refractivity contribution < 1.29 is 13.2 Å². The average molecular weight is 339 g/mol. The number of sulfonamides is 1. The second-order valence-electron chi connectivity index (χ2n) is 6.01. The molecule has 1 aliphatic rings. The maximum atomic E-state index is 12.4. The van der Waals surface area contributed by atoms with E-state index in [9.17, 15) is 13.2 Å². The third-order valence-corrected chi connectivity index (χ3v) is 5.63. The molecule has 0 aliphatic carbocycles. The normalized spacial score (nSPS) is 20.0. The summed E-state index contributed by atoms with van der Waals surface area (Å²) in [5.41, 5.74) is 1.06. The molecule has 1 aromatic rings. The molecule has 2 unspecified atom stereocenters. The van der Waals surface area contributed by atoms with Gasteiger partial charge < -0.3 is 5.32 Å². The quantitative estimate of drug-likeness (QED) is 0.863. The monoisotopic (exact) mass is 339 g/mol. The molecule has 1 heterocycles. The Morgan fingerprint density at radius 3 is 2.17 bits per heavy atom. The van der Waals surface area contributed by atoms with Crippen molar-refractivity contribution >= 4 is 15.9 Å². The minimum atomic E-state index is -3.14. The molecule has 1 N–H and O–H groups in total. The fourth-order valence-electron chi connectivity index (χ4n) is 2.75. The Morgan fingerprint density at radius 2 is 1.65 bits per heavy atom. The van der Waals surface area contributed by atoms with Gasteiger partial charge in [0.15, 0.2) is 0 Å². The van der Waals surface area contributed by atoms with Gasteiger partial charge in [-0.25, -0.2) is 8.42 Å². The molecule has 0 bridgehead atoms. The number of amides is 1. The molecule has 0 radical (unpaired) electrons. The Morgan fingerprint density at radius 1 is 1.09 bits per heavy atom. The van der Waals surface area contributed by atoms with Crippen LogP contribution in [0.1, 0.15) is 25.5 Å². The van der Waals surface area contributed by atoms with Gasteiger partial charge in [0.25, 0.3) is 0 Å².